The highest BCUT2D eigenvalue weighted by atomic mass is 32.2. The van der Waals surface area contributed by atoms with Crippen molar-refractivity contribution < 1.29 is 21.6 Å². The summed E-state index contributed by atoms with van der Waals surface area (Å²) in [6, 6.07) is 10.8. The Labute approximate surface area is 191 Å². The van der Waals surface area contributed by atoms with E-state index in [4.69, 9.17) is 0 Å². The van der Waals surface area contributed by atoms with Crippen molar-refractivity contribution in [2.45, 2.75) is 29.6 Å². The number of hydrogen-bond acceptors (Lipinski definition) is 7. The molecule has 1 amide bonds. The summed E-state index contributed by atoms with van der Waals surface area (Å²) in [6.07, 6.45) is 1.89. The lowest BCUT2D eigenvalue weighted by molar-refractivity contribution is -0.120. The van der Waals surface area contributed by atoms with Gasteiger partial charge in [-0.2, -0.15) is 4.31 Å². The van der Waals surface area contributed by atoms with E-state index in [1.165, 1.54) is 28.6 Å². The number of fused-ring (bicyclic) bond motifs is 1. The van der Waals surface area contributed by atoms with Crippen LogP contribution >= 0.6 is 11.3 Å². The number of aromatic nitrogens is 1. The second-order valence-corrected chi connectivity index (χ2v) is 13.0. The minimum atomic E-state index is -3.75. The van der Waals surface area contributed by atoms with Gasteiger partial charge in [-0.1, -0.05) is 0 Å². The van der Waals surface area contributed by atoms with Crippen molar-refractivity contribution in [2.75, 3.05) is 24.7 Å². The van der Waals surface area contributed by atoms with Crippen molar-refractivity contribution in [1.29, 1.82) is 0 Å². The van der Waals surface area contributed by atoms with E-state index in [0.29, 0.717) is 18.5 Å². The molecule has 0 atom stereocenters. The molecule has 1 aromatic heterocycles. The molecule has 170 valence electrons. The van der Waals surface area contributed by atoms with E-state index in [-0.39, 0.29) is 34.7 Å². The van der Waals surface area contributed by atoms with Gasteiger partial charge in [0.25, 0.3) is 0 Å². The van der Waals surface area contributed by atoms with Crippen molar-refractivity contribution >= 4 is 53.0 Å². The minimum absolute atomic E-state index is 0.0426. The zero-order valence-electron chi connectivity index (χ0n) is 17.6. The molecule has 1 saturated heterocycles. The molecule has 11 heteroatoms. The van der Waals surface area contributed by atoms with Gasteiger partial charge in [0.05, 0.1) is 25.0 Å². The van der Waals surface area contributed by atoms with Crippen LogP contribution in [0.2, 0.25) is 0 Å². The number of nitrogens with one attached hydrogen (secondary N) is 1. The molecule has 3 aromatic rings. The van der Waals surface area contributed by atoms with Crippen molar-refractivity contribution in [3.05, 3.63) is 47.5 Å². The fourth-order valence-electron chi connectivity index (χ4n) is 3.73. The highest BCUT2D eigenvalue weighted by Gasteiger charge is 2.32. The Bertz CT molecular complexity index is 1370. The van der Waals surface area contributed by atoms with Gasteiger partial charge < -0.3 is 5.32 Å². The van der Waals surface area contributed by atoms with E-state index < -0.39 is 19.9 Å². The van der Waals surface area contributed by atoms with Gasteiger partial charge in [0.1, 0.15) is 0 Å². The van der Waals surface area contributed by atoms with Crippen LogP contribution in [0, 0.1) is 12.8 Å². The second-order valence-electron chi connectivity index (χ2n) is 7.83. The third kappa shape index (κ3) is 4.70. The third-order valence-corrected chi connectivity index (χ3v) is 9.45. The lowest BCUT2D eigenvalue weighted by atomic mass is 9.97. The van der Waals surface area contributed by atoms with E-state index in [1.807, 2.05) is 25.1 Å². The van der Waals surface area contributed by atoms with Gasteiger partial charge in [-0.15, -0.1) is 11.3 Å². The van der Waals surface area contributed by atoms with Crippen LogP contribution in [-0.2, 0) is 24.7 Å². The molecular formula is C21H23N3O5S3. The minimum Gasteiger partial charge on any atom is -0.326 e. The number of hydrogen-bond donors (Lipinski definition) is 1. The fourth-order valence-corrected chi connectivity index (χ4v) is 6.69. The van der Waals surface area contributed by atoms with Gasteiger partial charge in [0.2, 0.25) is 15.9 Å². The highest BCUT2D eigenvalue weighted by Crippen LogP contribution is 2.28. The standard InChI is InChI=1S/C21H23N3O5S3/c1-14-22-19-8-3-16(13-20(19)30-14)23-21(25)15-9-11-24(12-10-15)32(28,29)18-6-4-17(5-7-18)31(2,26)27/h3-8,13,15H,9-12H2,1-2H3,(H,23,25). The van der Waals surface area contributed by atoms with Crippen molar-refractivity contribution in [1.82, 2.24) is 9.29 Å². The number of benzene rings is 2. The van der Waals surface area contributed by atoms with Crippen LogP contribution in [0.25, 0.3) is 10.2 Å². The maximum Gasteiger partial charge on any atom is 0.243 e. The second kappa shape index (κ2) is 8.54. The van der Waals surface area contributed by atoms with Crippen molar-refractivity contribution in [3.8, 4) is 0 Å². The molecule has 0 radical (unpaired) electrons. The van der Waals surface area contributed by atoms with E-state index in [1.54, 1.807) is 11.3 Å². The first kappa shape index (κ1) is 22.8. The normalized spacial score (nSPS) is 16.3. The quantitative estimate of drug-likeness (QED) is 0.584. The Morgan fingerprint density at radius 1 is 1.03 bits per heavy atom. The number of thiazole rings is 1. The molecule has 0 aliphatic carbocycles. The van der Waals surface area contributed by atoms with E-state index >= 15 is 0 Å². The molecule has 0 unspecified atom stereocenters. The van der Waals surface area contributed by atoms with Gasteiger partial charge in [-0.3, -0.25) is 4.79 Å². The van der Waals surface area contributed by atoms with Crippen LogP contribution < -0.4 is 5.32 Å². The lowest BCUT2D eigenvalue weighted by Gasteiger charge is -2.30. The molecule has 2 heterocycles. The molecule has 1 fully saturated rings. The highest BCUT2D eigenvalue weighted by molar-refractivity contribution is 7.90. The molecule has 1 aliphatic heterocycles. The molecule has 0 bridgehead atoms. The SMILES string of the molecule is Cc1nc2ccc(NC(=O)C3CCN(S(=O)(=O)c4ccc(S(C)(=O)=O)cc4)CC3)cc2s1. The number of sulfone groups is 1. The number of carbonyl (C=O) groups is 1. The number of aryl methyl sites for hydroxylation is 1. The van der Waals surface area contributed by atoms with Crippen LogP contribution in [0.15, 0.2) is 52.3 Å². The molecular weight excluding hydrogens is 470 g/mol. The summed E-state index contributed by atoms with van der Waals surface area (Å²) in [5.74, 6) is -0.409. The molecule has 2 aromatic carbocycles. The molecule has 0 saturated carbocycles. The summed E-state index contributed by atoms with van der Waals surface area (Å²) in [5.41, 5.74) is 1.60. The maximum atomic E-state index is 12.9. The summed E-state index contributed by atoms with van der Waals surface area (Å²) in [4.78, 5) is 17.2. The van der Waals surface area contributed by atoms with Crippen LogP contribution in [0.4, 0.5) is 5.69 Å². The van der Waals surface area contributed by atoms with E-state index in [2.05, 4.69) is 10.3 Å². The lowest BCUT2D eigenvalue weighted by Crippen LogP contribution is -2.41. The summed E-state index contributed by atoms with van der Waals surface area (Å²) >= 11 is 1.56. The van der Waals surface area contributed by atoms with Gasteiger partial charge in [-0.05, 0) is 62.2 Å². The summed E-state index contributed by atoms with van der Waals surface area (Å²) < 4.78 is 51.4. The fraction of sp³-hybridized carbons (Fsp3) is 0.333. The predicted molar refractivity (Wildman–Crippen MR) is 124 cm³/mol. The van der Waals surface area contributed by atoms with Gasteiger partial charge in [-0.25, -0.2) is 21.8 Å². The van der Waals surface area contributed by atoms with Crippen LogP contribution in [0.3, 0.4) is 0 Å². The first-order chi connectivity index (χ1) is 15.0. The van der Waals surface area contributed by atoms with Gasteiger partial charge in [0, 0.05) is 31.0 Å². The monoisotopic (exact) mass is 493 g/mol. The number of sulfonamides is 1. The molecule has 0 spiro atoms. The first-order valence-corrected chi connectivity index (χ1v) is 14.2. The number of nitrogens with zero attached hydrogens (tertiary/aromatic N) is 2. The Hall–Kier alpha value is -2.34. The number of carbonyl (C=O) groups excluding carboxylic acids is 1. The van der Waals surface area contributed by atoms with Gasteiger partial charge in [0.15, 0.2) is 9.84 Å². The Balaban J connectivity index is 1.39. The zero-order chi connectivity index (χ0) is 23.1. The largest absolute Gasteiger partial charge is 0.326 e. The summed E-state index contributed by atoms with van der Waals surface area (Å²) in [6.45, 7) is 2.38. The molecule has 4 rings (SSSR count). The average Bonchev–Trinajstić information content (AvgIpc) is 3.12. The average molecular weight is 494 g/mol. The van der Waals surface area contributed by atoms with E-state index in [9.17, 15) is 21.6 Å². The topological polar surface area (TPSA) is 114 Å². The summed E-state index contributed by atoms with van der Waals surface area (Å²) in [5, 5.41) is 3.89. The van der Waals surface area contributed by atoms with Crippen molar-refractivity contribution in [3.63, 3.8) is 0 Å². The van der Waals surface area contributed by atoms with E-state index in [0.717, 1.165) is 21.5 Å². The van der Waals surface area contributed by atoms with Crippen molar-refractivity contribution in [2.24, 2.45) is 5.92 Å². The molecule has 32 heavy (non-hydrogen) atoms. The van der Waals surface area contributed by atoms with Gasteiger partial charge >= 0.3 is 0 Å². The zero-order valence-corrected chi connectivity index (χ0v) is 20.1. The Morgan fingerprint density at radius 3 is 2.28 bits per heavy atom. The molecule has 1 N–H and O–H groups in total. The summed E-state index contributed by atoms with van der Waals surface area (Å²) in [7, 11) is -7.15. The third-order valence-electron chi connectivity index (χ3n) is 5.48. The number of amides is 1. The smallest absolute Gasteiger partial charge is 0.243 e. The predicted octanol–water partition coefficient (Wildman–Crippen LogP) is 3.05. The molecule has 1 aliphatic rings. The number of piperidine rings is 1. The number of rotatable bonds is 5. The van der Waals surface area contributed by atoms with Crippen LogP contribution in [-0.4, -0.2) is 51.4 Å². The Kier molecular flexibility index (Phi) is 6.10. The first-order valence-electron chi connectivity index (χ1n) is 10.0. The number of anilines is 1. The van der Waals surface area contributed by atoms with Crippen LogP contribution in [0.1, 0.15) is 17.8 Å². The Morgan fingerprint density at radius 2 is 1.66 bits per heavy atom. The van der Waals surface area contributed by atoms with Crippen LogP contribution in [0.5, 0.6) is 0 Å². The maximum absolute atomic E-state index is 12.9. The molecule has 8 nitrogen and oxygen atoms in total.